The Morgan fingerprint density at radius 3 is 2.72 bits per heavy atom. The Morgan fingerprint density at radius 1 is 1.33 bits per heavy atom. The number of nitrogens with zero attached hydrogens (tertiary/aromatic N) is 3. The van der Waals surface area contributed by atoms with Gasteiger partial charge in [-0.2, -0.15) is 0 Å². The molecule has 4 nitrogen and oxygen atoms in total. The summed E-state index contributed by atoms with van der Waals surface area (Å²) >= 11 is 3.46. The minimum absolute atomic E-state index is 0.537. The van der Waals surface area contributed by atoms with Crippen LogP contribution in [-0.2, 0) is 0 Å². The predicted molar refractivity (Wildman–Crippen MR) is 81.9 cm³/mol. The Kier molecular flexibility index (Phi) is 7.62. The summed E-state index contributed by atoms with van der Waals surface area (Å²) in [5, 5.41) is 13.3. The van der Waals surface area contributed by atoms with E-state index in [4.69, 9.17) is 0 Å². The van der Waals surface area contributed by atoms with Crippen molar-refractivity contribution < 1.29 is 0 Å². The van der Waals surface area contributed by atoms with E-state index in [0.29, 0.717) is 5.25 Å². The first-order chi connectivity index (χ1) is 8.63. The fraction of sp³-hybridized carbons (Fsp3) is 0.833. The average molecular weight is 288 g/mol. The number of hydrogen-bond acceptors (Lipinski definition) is 6. The summed E-state index contributed by atoms with van der Waals surface area (Å²) in [6.45, 7) is 6.62. The van der Waals surface area contributed by atoms with Gasteiger partial charge < -0.3 is 10.2 Å². The number of anilines is 1. The second kappa shape index (κ2) is 8.72. The Labute approximate surface area is 119 Å². The second-order valence-electron chi connectivity index (χ2n) is 4.58. The molecular formula is C12H24N4S2. The van der Waals surface area contributed by atoms with Gasteiger partial charge in [0.05, 0.1) is 0 Å². The zero-order valence-electron chi connectivity index (χ0n) is 11.8. The summed E-state index contributed by atoms with van der Waals surface area (Å²) in [4.78, 5) is 2.00. The fourth-order valence-electron chi connectivity index (χ4n) is 1.45. The van der Waals surface area contributed by atoms with E-state index in [0.717, 1.165) is 22.6 Å². The summed E-state index contributed by atoms with van der Waals surface area (Å²) < 4.78 is 1.06. The highest BCUT2D eigenvalue weighted by molar-refractivity contribution is 8.01. The molecule has 1 heterocycles. The molecule has 18 heavy (non-hydrogen) atoms. The van der Waals surface area contributed by atoms with Crippen molar-refractivity contribution in [3.8, 4) is 0 Å². The van der Waals surface area contributed by atoms with Crippen molar-refractivity contribution in [3.05, 3.63) is 0 Å². The van der Waals surface area contributed by atoms with Gasteiger partial charge in [-0.05, 0) is 13.0 Å². The van der Waals surface area contributed by atoms with Crippen molar-refractivity contribution in [1.82, 2.24) is 15.5 Å². The van der Waals surface area contributed by atoms with Crippen molar-refractivity contribution >= 4 is 28.2 Å². The maximum atomic E-state index is 4.20. The maximum Gasteiger partial charge on any atom is 0.208 e. The molecule has 6 heteroatoms. The van der Waals surface area contributed by atoms with E-state index in [-0.39, 0.29) is 0 Å². The number of hydrogen-bond donors (Lipinski definition) is 1. The van der Waals surface area contributed by atoms with Gasteiger partial charge in [0.2, 0.25) is 5.13 Å². The van der Waals surface area contributed by atoms with Crippen molar-refractivity contribution in [2.24, 2.45) is 0 Å². The second-order valence-corrected chi connectivity index (χ2v) is 7.23. The molecule has 0 aliphatic rings. The van der Waals surface area contributed by atoms with Crippen LogP contribution in [0, 0.1) is 0 Å². The quantitative estimate of drug-likeness (QED) is 0.559. The van der Waals surface area contributed by atoms with Gasteiger partial charge in [0.1, 0.15) is 0 Å². The highest BCUT2D eigenvalue weighted by atomic mass is 32.2. The first-order valence-corrected chi connectivity index (χ1v) is 8.21. The lowest BCUT2D eigenvalue weighted by Crippen LogP contribution is -2.23. The molecule has 0 radical (unpaired) electrons. The Bertz CT molecular complexity index is 328. The van der Waals surface area contributed by atoms with Crippen molar-refractivity contribution in [2.45, 2.75) is 42.7 Å². The third kappa shape index (κ3) is 6.02. The molecule has 0 fully saturated rings. The van der Waals surface area contributed by atoms with Crippen molar-refractivity contribution in [1.29, 1.82) is 0 Å². The molecule has 0 spiro atoms. The summed E-state index contributed by atoms with van der Waals surface area (Å²) in [5.41, 5.74) is 0. The summed E-state index contributed by atoms with van der Waals surface area (Å²) in [5.74, 6) is 0. The molecular weight excluding hydrogens is 264 g/mol. The maximum absolute atomic E-state index is 4.20. The topological polar surface area (TPSA) is 41.1 Å². The summed E-state index contributed by atoms with van der Waals surface area (Å²) in [6.07, 6.45) is 3.87. The van der Waals surface area contributed by atoms with Crippen LogP contribution in [0.1, 0.15) is 33.1 Å². The Hall–Kier alpha value is -0.330. The molecule has 0 aromatic carbocycles. The van der Waals surface area contributed by atoms with Gasteiger partial charge in [-0.15, -0.1) is 10.2 Å². The number of unbranched alkanes of at least 4 members (excludes halogenated alkanes) is 2. The van der Waals surface area contributed by atoms with Gasteiger partial charge in [-0.1, -0.05) is 49.8 Å². The van der Waals surface area contributed by atoms with E-state index in [2.05, 4.69) is 29.4 Å². The highest BCUT2D eigenvalue weighted by Crippen LogP contribution is 2.29. The fourth-order valence-corrected chi connectivity index (χ4v) is 3.49. The van der Waals surface area contributed by atoms with E-state index in [1.807, 2.05) is 19.0 Å². The molecule has 0 bridgehead atoms. The number of nitrogens with one attached hydrogen (secondary N) is 1. The number of rotatable bonds is 9. The first kappa shape index (κ1) is 15.7. The molecule has 0 saturated carbocycles. The van der Waals surface area contributed by atoms with Gasteiger partial charge in [-0.3, -0.25) is 0 Å². The smallest absolute Gasteiger partial charge is 0.208 e. The third-order valence-corrected chi connectivity index (χ3v) is 4.75. The SMILES string of the molecule is CCCCCNCC(C)Sc1nnc(N(C)C)s1. The molecule has 0 aliphatic heterocycles. The first-order valence-electron chi connectivity index (χ1n) is 6.51. The van der Waals surface area contributed by atoms with Gasteiger partial charge >= 0.3 is 0 Å². The van der Waals surface area contributed by atoms with Gasteiger partial charge in [0, 0.05) is 25.9 Å². The molecule has 1 aromatic heterocycles. The zero-order valence-corrected chi connectivity index (χ0v) is 13.4. The van der Waals surface area contributed by atoms with Crippen LogP contribution >= 0.6 is 23.1 Å². The van der Waals surface area contributed by atoms with E-state index < -0.39 is 0 Å². The molecule has 0 amide bonds. The lowest BCUT2D eigenvalue weighted by molar-refractivity contribution is 0.615. The predicted octanol–water partition coefficient (Wildman–Crippen LogP) is 2.86. The third-order valence-electron chi connectivity index (χ3n) is 2.47. The summed E-state index contributed by atoms with van der Waals surface area (Å²) in [7, 11) is 3.99. The Morgan fingerprint density at radius 2 is 2.11 bits per heavy atom. The lowest BCUT2D eigenvalue weighted by Gasteiger charge is -2.10. The molecule has 1 rings (SSSR count). The monoisotopic (exact) mass is 288 g/mol. The molecule has 1 unspecified atom stereocenters. The van der Waals surface area contributed by atoms with Gasteiger partial charge in [-0.25, -0.2) is 0 Å². The Balaban J connectivity index is 2.20. The van der Waals surface area contributed by atoms with Crippen LogP contribution in [0.25, 0.3) is 0 Å². The van der Waals surface area contributed by atoms with Crippen molar-refractivity contribution in [2.75, 3.05) is 32.1 Å². The molecule has 104 valence electrons. The zero-order chi connectivity index (χ0) is 13.4. The molecule has 1 atom stereocenters. The molecule has 0 saturated heterocycles. The lowest BCUT2D eigenvalue weighted by atomic mass is 10.2. The van der Waals surface area contributed by atoms with Crippen LogP contribution in [0.15, 0.2) is 4.34 Å². The standard InChI is InChI=1S/C12H24N4S2/c1-5-6-7-8-13-9-10(2)17-12-15-14-11(18-12)16(3)4/h10,13H,5-9H2,1-4H3. The van der Waals surface area contributed by atoms with Crippen LogP contribution in [0.3, 0.4) is 0 Å². The minimum atomic E-state index is 0.537. The van der Waals surface area contributed by atoms with E-state index in [9.17, 15) is 0 Å². The molecule has 1 N–H and O–H groups in total. The van der Waals surface area contributed by atoms with Crippen LogP contribution in [0.4, 0.5) is 5.13 Å². The van der Waals surface area contributed by atoms with E-state index in [1.165, 1.54) is 19.3 Å². The van der Waals surface area contributed by atoms with Gasteiger partial charge in [0.15, 0.2) is 4.34 Å². The van der Waals surface area contributed by atoms with E-state index >= 15 is 0 Å². The average Bonchev–Trinajstić information content (AvgIpc) is 2.77. The minimum Gasteiger partial charge on any atom is -0.353 e. The number of thioether (sulfide) groups is 1. The van der Waals surface area contributed by atoms with Crippen LogP contribution in [0.2, 0.25) is 0 Å². The van der Waals surface area contributed by atoms with Crippen LogP contribution in [0.5, 0.6) is 0 Å². The van der Waals surface area contributed by atoms with E-state index in [1.54, 1.807) is 23.1 Å². The van der Waals surface area contributed by atoms with Crippen molar-refractivity contribution in [3.63, 3.8) is 0 Å². The normalized spacial score (nSPS) is 12.7. The highest BCUT2D eigenvalue weighted by Gasteiger charge is 2.10. The van der Waals surface area contributed by atoms with Crippen LogP contribution in [-0.4, -0.2) is 42.6 Å². The molecule has 0 aliphatic carbocycles. The largest absolute Gasteiger partial charge is 0.353 e. The van der Waals surface area contributed by atoms with Gasteiger partial charge in [0.25, 0.3) is 0 Å². The van der Waals surface area contributed by atoms with Crippen LogP contribution < -0.4 is 10.2 Å². The summed E-state index contributed by atoms with van der Waals surface area (Å²) in [6, 6.07) is 0. The molecule has 1 aromatic rings. The number of aromatic nitrogens is 2.